The number of nitrogens with one attached hydrogen (secondary N) is 2. The molecule has 112 valence electrons. The second-order valence-electron chi connectivity index (χ2n) is 4.89. The Bertz CT molecular complexity index is 548. The highest BCUT2D eigenvalue weighted by atomic mass is 32.2. The van der Waals surface area contributed by atoms with Gasteiger partial charge < -0.3 is 5.32 Å². The summed E-state index contributed by atoms with van der Waals surface area (Å²) in [5.41, 5.74) is 0.525. The van der Waals surface area contributed by atoms with Crippen molar-refractivity contribution < 1.29 is 8.42 Å². The van der Waals surface area contributed by atoms with Gasteiger partial charge in [-0.05, 0) is 31.2 Å². The topological polar surface area (TPSA) is 71.1 Å². The van der Waals surface area contributed by atoms with E-state index in [-0.39, 0.29) is 11.1 Å². The van der Waals surface area contributed by atoms with E-state index in [2.05, 4.69) is 15.0 Å². The Balaban J connectivity index is 2.22. The van der Waals surface area contributed by atoms with Crippen LogP contribution in [0.1, 0.15) is 25.7 Å². The number of pyridine rings is 1. The first kappa shape index (κ1) is 15.6. The molecule has 5 nitrogen and oxygen atoms in total. The summed E-state index contributed by atoms with van der Waals surface area (Å²) in [6, 6.07) is 3.43. The molecule has 0 saturated heterocycles. The van der Waals surface area contributed by atoms with E-state index in [1.54, 1.807) is 30.9 Å². The van der Waals surface area contributed by atoms with Gasteiger partial charge in [-0.15, -0.1) is 0 Å². The van der Waals surface area contributed by atoms with Crippen LogP contribution in [0.5, 0.6) is 0 Å². The van der Waals surface area contributed by atoms with Crippen molar-refractivity contribution in [2.75, 3.05) is 18.6 Å². The van der Waals surface area contributed by atoms with Gasteiger partial charge in [0.2, 0.25) is 0 Å². The van der Waals surface area contributed by atoms with Crippen LogP contribution in [0, 0.1) is 0 Å². The summed E-state index contributed by atoms with van der Waals surface area (Å²) in [6.07, 6.45) is 7.75. The minimum Gasteiger partial charge on any atom is -0.386 e. The molecule has 1 aromatic rings. The lowest BCUT2D eigenvalue weighted by Gasteiger charge is -2.30. The number of nitrogens with zero attached hydrogens (tertiary/aromatic N) is 1. The Morgan fingerprint density at radius 3 is 2.80 bits per heavy atom. The third-order valence-electron chi connectivity index (χ3n) is 3.61. The smallest absolute Gasteiger partial charge is 0.260 e. The van der Waals surface area contributed by atoms with E-state index in [1.807, 2.05) is 6.26 Å². The predicted molar refractivity (Wildman–Crippen MR) is 83.7 cm³/mol. The third-order valence-corrected chi connectivity index (χ3v) is 6.22. The van der Waals surface area contributed by atoms with E-state index in [1.165, 1.54) is 12.6 Å². The SMILES string of the molecule is CNc1cccnc1S(=O)(=O)NC1CCCCC1SC. The summed E-state index contributed by atoms with van der Waals surface area (Å²) in [7, 11) is -1.89. The quantitative estimate of drug-likeness (QED) is 0.870. The molecule has 0 spiro atoms. The fraction of sp³-hybridized carbons (Fsp3) is 0.615. The third kappa shape index (κ3) is 3.45. The van der Waals surface area contributed by atoms with Gasteiger partial charge in [-0.2, -0.15) is 11.8 Å². The Morgan fingerprint density at radius 2 is 2.10 bits per heavy atom. The van der Waals surface area contributed by atoms with Crippen LogP contribution in [0.3, 0.4) is 0 Å². The normalized spacial score (nSPS) is 23.5. The van der Waals surface area contributed by atoms with Gasteiger partial charge in [0.15, 0.2) is 5.03 Å². The summed E-state index contributed by atoms with van der Waals surface area (Å²) in [6.45, 7) is 0. The predicted octanol–water partition coefficient (Wildman–Crippen LogP) is 2.08. The molecule has 2 unspecified atom stereocenters. The fourth-order valence-electron chi connectivity index (χ4n) is 2.56. The summed E-state index contributed by atoms with van der Waals surface area (Å²) in [5, 5.41) is 3.30. The first-order valence-corrected chi connectivity index (χ1v) is 9.53. The zero-order chi connectivity index (χ0) is 14.6. The molecule has 0 aromatic carbocycles. The molecule has 0 radical (unpaired) electrons. The van der Waals surface area contributed by atoms with Gasteiger partial charge in [0.05, 0.1) is 5.69 Å². The molecule has 0 amide bonds. The number of rotatable bonds is 5. The second-order valence-corrected chi connectivity index (χ2v) is 7.60. The largest absolute Gasteiger partial charge is 0.386 e. The highest BCUT2D eigenvalue weighted by molar-refractivity contribution is 7.99. The van der Waals surface area contributed by atoms with Crippen molar-refractivity contribution in [3.63, 3.8) is 0 Å². The average Bonchev–Trinajstić information content (AvgIpc) is 2.47. The first-order chi connectivity index (χ1) is 9.58. The Kier molecular flexibility index (Phi) is 5.29. The maximum atomic E-state index is 12.5. The minimum atomic E-state index is -3.58. The molecule has 0 aliphatic heterocycles. The van der Waals surface area contributed by atoms with Crippen LogP contribution in [0.15, 0.2) is 23.4 Å². The molecule has 2 rings (SSSR count). The van der Waals surface area contributed by atoms with Gasteiger partial charge in [0.1, 0.15) is 0 Å². The lowest BCUT2D eigenvalue weighted by molar-refractivity contribution is 0.423. The molecule has 0 bridgehead atoms. The molecule has 1 aromatic heterocycles. The molecule has 7 heteroatoms. The maximum Gasteiger partial charge on any atom is 0.260 e. The van der Waals surface area contributed by atoms with Crippen molar-refractivity contribution in [2.45, 2.75) is 42.0 Å². The van der Waals surface area contributed by atoms with Crippen LogP contribution >= 0.6 is 11.8 Å². The molecule has 1 heterocycles. The number of anilines is 1. The number of hydrogen-bond donors (Lipinski definition) is 2. The van der Waals surface area contributed by atoms with Crippen LogP contribution < -0.4 is 10.0 Å². The monoisotopic (exact) mass is 315 g/mol. The number of aromatic nitrogens is 1. The van der Waals surface area contributed by atoms with Crippen LogP contribution in [0.2, 0.25) is 0 Å². The van der Waals surface area contributed by atoms with Crippen molar-refractivity contribution in [1.29, 1.82) is 0 Å². The standard InChI is InChI=1S/C13H21N3O2S2/c1-14-11-7-5-9-15-13(11)20(17,18)16-10-6-3-4-8-12(10)19-2/h5,7,9-10,12,14,16H,3-4,6,8H2,1-2H3. The van der Waals surface area contributed by atoms with Gasteiger partial charge in [0, 0.05) is 24.5 Å². The highest BCUT2D eigenvalue weighted by Gasteiger charge is 2.30. The van der Waals surface area contributed by atoms with Gasteiger partial charge in [-0.1, -0.05) is 12.8 Å². The lowest BCUT2D eigenvalue weighted by Crippen LogP contribution is -2.43. The van der Waals surface area contributed by atoms with Gasteiger partial charge in [-0.3, -0.25) is 0 Å². The average molecular weight is 315 g/mol. The van der Waals surface area contributed by atoms with Crippen LogP contribution in [0.25, 0.3) is 0 Å². The molecule has 1 aliphatic rings. The van der Waals surface area contributed by atoms with Crippen molar-refractivity contribution >= 4 is 27.5 Å². The van der Waals surface area contributed by atoms with E-state index in [4.69, 9.17) is 0 Å². The van der Waals surface area contributed by atoms with E-state index in [0.29, 0.717) is 10.9 Å². The molecule has 1 aliphatic carbocycles. The molecule has 1 fully saturated rings. The molecule has 20 heavy (non-hydrogen) atoms. The summed E-state index contributed by atoms with van der Waals surface area (Å²) >= 11 is 1.74. The van der Waals surface area contributed by atoms with Crippen LogP contribution in [-0.2, 0) is 10.0 Å². The number of thioether (sulfide) groups is 1. The van der Waals surface area contributed by atoms with E-state index >= 15 is 0 Å². The first-order valence-electron chi connectivity index (χ1n) is 6.76. The van der Waals surface area contributed by atoms with Crippen LogP contribution in [0.4, 0.5) is 5.69 Å². The minimum absolute atomic E-state index is 0.00420. The van der Waals surface area contributed by atoms with Gasteiger partial charge in [-0.25, -0.2) is 18.1 Å². The zero-order valence-corrected chi connectivity index (χ0v) is 13.4. The van der Waals surface area contributed by atoms with E-state index in [9.17, 15) is 8.42 Å². The Labute approximate surface area is 125 Å². The zero-order valence-electron chi connectivity index (χ0n) is 11.8. The summed E-state index contributed by atoms with van der Waals surface area (Å²) in [4.78, 5) is 4.02. The highest BCUT2D eigenvalue weighted by Crippen LogP contribution is 2.28. The van der Waals surface area contributed by atoms with Crippen molar-refractivity contribution in [2.24, 2.45) is 0 Å². The molecule has 2 N–H and O–H groups in total. The van der Waals surface area contributed by atoms with E-state index in [0.717, 1.165) is 19.3 Å². The summed E-state index contributed by atoms with van der Waals surface area (Å²) < 4.78 is 27.9. The van der Waals surface area contributed by atoms with Crippen LogP contribution in [-0.4, -0.2) is 38.0 Å². The number of sulfonamides is 1. The maximum absolute atomic E-state index is 12.5. The second kappa shape index (κ2) is 6.78. The van der Waals surface area contributed by atoms with Gasteiger partial charge >= 0.3 is 0 Å². The molecule has 2 atom stereocenters. The molecule has 1 saturated carbocycles. The van der Waals surface area contributed by atoms with E-state index < -0.39 is 10.0 Å². The van der Waals surface area contributed by atoms with Crippen molar-refractivity contribution in [1.82, 2.24) is 9.71 Å². The summed E-state index contributed by atoms with van der Waals surface area (Å²) in [5.74, 6) is 0. The fourth-order valence-corrected chi connectivity index (χ4v) is 5.04. The molecular weight excluding hydrogens is 294 g/mol. The van der Waals surface area contributed by atoms with Crippen molar-refractivity contribution in [3.05, 3.63) is 18.3 Å². The Morgan fingerprint density at radius 1 is 1.35 bits per heavy atom. The number of hydrogen-bond acceptors (Lipinski definition) is 5. The van der Waals surface area contributed by atoms with Gasteiger partial charge in [0.25, 0.3) is 10.0 Å². The molecular formula is C13H21N3O2S2. The Hall–Kier alpha value is -0.790. The van der Waals surface area contributed by atoms with Crippen molar-refractivity contribution in [3.8, 4) is 0 Å². The lowest BCUT2D eigenvalue weighted by atomic mass is 9.96.